The largest absolute Gasteiger partial charge is 0.372 e. The highest BCUT2D eigenvalue weighted by atomic mass is 35.5. The molecule has 1 atom stereocenters. The second kappa shape index (κ2) is 5.88. The molecule has 1 aromatic heterocycles. The van der Waals surface area contributed by atoms with Crippen molar-refractivity contribution in [1.82, 2.24) is 15.3 Å². The highest BCUT2D eigenvalue weighted by molar-refractivity contribution is 5.85. The summed E-state index contributed by atoms with van der Waals surface area (Å²) in [5.41, 5.74) is 1.10. The lowest BCUT2D eigenvalue weighted by Gasteiger charge is -2.23. The van der Waals surface area contributed by atoms with Crippen molar-refractivity contribution in [2.45, 2.75) is 18.8 Å². The molecule has 84 valence electrons. The number of halogens is 1. The molecule has 1 aliphatic heterocycles. The molecule has 0 amide bonds. The Morgan fingerprint density at radius 3 is 2.87 bits per heavy atom. The number of aromatic nitrogens is 2. The summed E-state index contributed by atoms with van der Waals surface area (Å²) in [5.74, 6) is 1.43. The fourth-order valence-electron chi connectivity index (χ4n) is 1.93. The van der Waals surface area contributed by atoms with Gasteiger partial charge in [0, 0.05) is 31.9 Å². The van der Waals surface area contributed by atoms with Crippen LogP contribution in [0.5, 0.6) is 0 Å². The molecule has 1 aromatic rings. The van der Waals surface area contributed by atoms with Crippen molar-refractivity contribution in [3.8, 4) is 0 Å². The van der Waals surface area contributed by atoms with Crippen molar-refractivity contribution >= 4 is 18.2 Å². The molecule has 1 fully saturated rings. The normalized spacial score (nSPS) is 20.5. The summed E-state index contributed by atoms with van der Waals surface area (Å²) in [6.07, 6.45) is 5.93. The zero-order chi connectivity index (χ0) is 9.80. The quantitative estimate of drug-likeness (QED) is 0.804. The molecule has 0 aliphatic carbocycles. The summed E-state index contributed by atoms with van der Waals surface area (Å²) < 4.78 is 0. The molecule has 1 unspecified atom stereocenters. The minimum atomic E-state index is 0. The van der Waals surface area contributed by atoms with E-state index in [1.54, 1.807) is 12.4 Å². The van der Waals surface area contributed by atoms with Crippen LogP contribution in [0.4, 0.5) is 5.82 Å². The van der Waals surface area contributed by atoms with Crippen molar-refractivity contribution in [1.29, 1.82) is 0 Å². The summed E-state index contributed by atoms with van der Waals surface area (Å²) in [6.45, 7) is 2.15. The van der Waals surface area contributed by atoms with Gasteiger partial charge in [-0.05, 0) is 19.4 Å². The second-order valence-electron chi connectivity index (χ2n) is 3.58. The van der Waals surface area contributed by atoms with Crippen LogP contribution in [-0.4, -0.2) is 30.1 Å². The van der Waals surface area contributed by atoms with Gasteiger partial charge in [-0.25, -0.2) is 4.98 Å². The van der Waals surface area contributed by atoms with E-state index in [0.29, 0.717) is 5.92 Å². The highest BCUT2D eigenvalue weighted by Gasteiger charge is 2.19. The van der Waals surface area contributed by atoms with Gasteiger partial charge in [-0.2, -0.15) is 0 Å². The van der Waals surface area contributed by atoms with E-state index in [2.05, 4.69) is 20.6 Å². The monoisotopic (exact) mass is 228 g/mol. The number of hydrogen-bond donors (Lipinski definition) is 2. The first kappa shape index (κ1) is 12.2. The Morgan fingerprint density at radius 2 is 2.20 bits per heavy atom. The molecule has 1 saturated heterocycles. The Hall–Kier alpha value is -0.870. The van der Waals surface area contributed by atoms with E-state index in [-0.39, 0.29) is 12.4 Å². The number of hydrogen-bond acceptors (Lipinski definition) is 4. The van der Waals surface area contributed by atoms with Crippen LogP contribution in [0.15, 0.2) is 12.4 Å². The molecule has 4 nitrogen and oxygen atoms in total. The lowest BCUT2D eigenvalue weighted by Crippen LogP contribution is -2.29. The average molecular weight is 229 g/mol. The summed E-state index contributed by atoms with van der Waals surface area (Å²) in [6, 6.07) is 0. The van der Waals surface area contributed by atoms with E-state index >= 15 is 0 Å². The molecule has 2 heterocycles. The molecular formula is C10H17ClN4. The SMILES string of the molecule is CNc1nccnc1C1CCCNC1.Cl. The molecule has 0 saturated carbocycles. The van der Waals surface area contributed by atoms with Gasteiger partial charge in [-0.3, -0.25) is 4.98 Å². The van der Waals surface area contributed by atoms with Gasteiger partial charge < -0.3 is 10.6 Å². The Labute approximate surface area is 96.3 Å². The molecule has 5 heteroatoms. The highest BCUT2D eigenvalue weighted by Crippen LogP contribution is 2.25. The van der Waals surface area contributed by atoms with Crippen LogP contribution < -0.4 is 10.6 Å². The van der Waals surface area contributed by atoms with E-state index in [1.165, 1.54) is 12.8 Å². The standard InChI is InChI=1S/C10H16N4.ClH/c1-11-10-9(13-5-6-14-10)8-3-2-4-12-7-8;/h5-6,8,12H,2-4,7H2,1H3,(H,11,14);1H. The van der Waals surface area contributed by atoms with Crippen molar-refractivity contribution in [2.24, 2.45) is 0 Å². The maximum atomic E-state index is 4.41. The van der Waals surface area contributed by atoms with Crippen LogP contribution in [0.3, 0.4) is 0 Å². The van der Waals surface area contributed by atoms with Crippen molar-refractivity contribution in [2.75, 3.05) is 25.5 Å². The van der Waals surface area contributed by atoms with Crippen LogP contribution in [0.2, 0.25) is 0 Å². The number of anilines is 1. The topological polar surface area (TPSA) is 49.8 Å². The molecule has 0 aromatic carbocycles. The lowest BCUT2D eigenvalue weighted by atomic mass is 9.96. The van der Waals surface area contributed by atoms with E-state index in [1.807, 2.05) is 7.05 Å². The summed E-state index contributed by atoms with van der Waals surface area (Å²) in [7, 11) is 1.89. The Balaban J connectivity index is 0.00000112. The molecule has 0 bridgehead atoms. The van der Waals surface area contributed by atoms with E-state index in [0.717, 1.165) is 24.6 Å². The van der Waals surface area contributed by atoms with Crippen molar-refractivity contribution in [3.63, 3.8) is 0 Å². The van der Waals surface area contributed by atoms with E-state index in [4.69, 9.17) is 0 Å². The van der Waals surface area contributed by atoms with Gasteiger partial charge in [0.25, 0.3) is 0 Å². The van der Waals surface area contributed by atoms with Crippen molar-refractivity contribution in [3.05, 3.63) is 18.1 Å². The predicted octanol–water partition coefficient (Wildman–Crippen LogP) is 1.41. The zero-order valence-corrected chi connectivity index (χ0v) is 9.68. The van der Waals surface area contributed by atoms with Crippen LogP contribution in [0.1, 0.15) is 24.5 Å². The van der Waals surface area contributed by atoms with Crippen LogP contribution in [0, 0.1) is 0 Å². The van der Waals surface area contributed by atoms with Gasteiger partial charge in [0.05, 0.1) is 5.69 Å². The Morgan fingerprint density at radius 1 is 1.40 bits per heavy atom. The summed E-state index contributed by atoms with van der Waals surface area (Å²) in [5, 5.41) is 6.48. The minimum Gasteiger partial charge on any atom is -0.372 e. The first-order chi connectivity index (χ1) is 6.92. The minimum absolute atomic E-state index is 0. The third-order valence-corrected chi connectivity index (χ3v) is 2.65. The Kier molecular flexibility index (Phi) is 4.78. The van der Waals surface area contributed by atoms with Gasteiger partial charge in [0.2, 0.25) is 0 Å². The number of rotatable bonds is 2. The maximum absolute atomic E-state index is 4.41. The third kappa shape index (κ3) is 2.79. The van der Waals surface area contributed by atoms with Crippen LogP contribution in [0.25, 0.3) is 0 Å². The molecule has 2 N–H and O–H groups in total. The lowest BCUT2D eigenvalue weighted by molar-refractivity contribution is 0.454. The molecule has 1 aliphatic rings. The second-order valence-corrected chi connectivity index (χ2v) is 3.58. The first-order valence-electron chi connectivity index (χ1n) is 5.11. The third-order valence-electron chi connectivity index (χ3n) is 2.65. The van der Waals surface area contributed by atoms with Crippen LogP contribution >= 0.6 is 12.4 Å². The Bertz CT molecular complexity index is 299. The van der Waals surface area contributed by atoms with Crippen molar-refractivity contribution < 1.29 is 0 Å². The smallest absolute Gasteiger partial charge is 0.147 e. The number of nitrogens with one attached hydrogen (secondary N) is 2. The van der Waals surface area contributed by atoms with Gasteiger partial charge in [-0.1, -0.05) is 0 Å². The van der Waals surface area contributed by atoms with Gasteiger partial charge in [0.1, 0.15) is 5.82 Å². The number of piperidine rings is 1. The molecule has 15 heavy (non-hydrogen) atoms. The predicted molar refractivity (Wildman–Crippen MR) is 63.7 cm³/mol. The average Bonchev–Trinajstić information content (AvgIpc) is 2.30. The molecule has 0 spiro atoms. The first-order valence-corrected chi connectivity index (χ1v) is 5.11. The molecular weight excluding hydrogens is 212 g/mol. The number of nitrogens with zero attached hydrogens (tertiary/aromatic N) is 2. The molecule has 2 rings (SSSR count). The fraction of sp³-hybridized carbons (Fsp3) is 0.600. The van der Waals surface area contributed by atoms with E-state index in [9.17, 15) is 0 Å². The summed E-state index contributed by atoms with van der Waals surface area (Å²) in [4.78, 5) is 8.68. The van der Waals surface area contributed by atoms with Gasteiger partial charge in [-0.15, -0.1) is 12.4 Å². The maximum Gasteiger partial charge on any atom is 0.147 e. The zero-order valence-electron chi connectivity index (χ0n) is 8.86. The van der Waals surface area contributed by atoms with Crippen LogP contribution in [-0.2, 0) is 0 Å². The molecule has 0 radical (unpaired) electrons. The fourth-order valence-corrected chi connectivity index (χ4v) is 1.93. The van der Waals surface area contributed by atoms with E-state index < -0.39 is 0 Å². The summed E-state index contributed by atoms with van der Waals surface area (Å²) >= 11 is 0. The van der Waals surface area contributed by atoms with Gasteiger partial charge in [0.15, 0.2) is 0 Å². The van der Waals surface area contributed by atoms with Gasteiger partial charge >= 0.3 is 0 Å².